The van der Waals surface area contributed by atoms with Crippen LogP contribution < -0.4 is 10.6 Å². The third kappa shape index (κ3) is 3.48. The average Bonchev–Trinajstić information content (AvgIpc) is 2.26. The van der Waals surface area contributed by atoms with E-state index in [0.29, 0.717) is 0 Å². The van der Waals surface area contributed by atoms with Crippen LogP contribution >= 0.6 is 0 Å². The van der Waals surface area contributed by atoms with Crippen LogP contribution in [0.4, 0.5) is 24.8 Å². The predicted octanol–water partition coefficient (Wildman–Crippen LogP) is 2.70. The lowest BCUT2D eigenvalue weighted by Crippen LogP contribution is -2.30. The van der Waals surface area contributed by atoms with Crippen molar-refractivity contribution in [3.63, 3.8) is 0 Å². The van der Waals surface area contributed by atoms with E-state index < -0.39 is 12.0 Å². The number of anilines is 2. The number of rotatable bonds is 4. The second-order valence-electron chi connectivity index (χ2n) is 4.22. The monoisotopic (exact) mass is 262 g/mol. The van der Waals surface area contributed by atoms with Crippen LogP contribution in [0.1, 0.15) is 32.5 Å². The van der Waals surface area contributed by atoms with Crippen molar-refractivity contribution in [1.29, 1.82) is 0 Å². The van der Waals surface area contributed by atoms with Gasteiger partial charge < -0.3 is 10.6 Å². The molecule has 0 saturated carbocycles. The van der Waals surface area contributed by atoms with Crippen molar-refractivity contribution in [2.24, 2.45) is 0 Å². The fraction of sp³-hybridized carbons (Fsp3) is 0.636. The summed E-state index contributed by atoms with van der Waals surface area (Å²) in [6, 6.07) is 1.44. The number of aromatic nitrogens is 2. The first-order valence-electron chi connectivity index (χ1n) is 5.70. The summed E-state index contributed by atoms with van der Waals surface area (Å²) < 4.78 is 37.7. The summed E-state index contributed by atoms with van der Waals surface area (Å²) in [6.45, 7) is 3.94. The quantitative estimate of drug-likeness (QED) is 0.906. The highest BCUT2D eigenvalue weighted by Crippen LogP contribution is 2.28. The fourth-order valence-electron chi connectivity index (χ4n) is 1.60. The van der Waals surface area contributed by atoms with E-state index >= 15 is 0 Å². The Balaban J connectivity index is 3.06. The Bertz CT molecular complexity index is 406. The molecule has 1 heterocycles. The van der Waals surface area contributed by atoms with Gasteiger partial charge in [0.25, 0.3) is 0 Å². The summed E-state index contributed by atoms with van der Waals surface area (Å²) >= 11 is 0. The molecule has 0 fully saturated rings. The molecule has 1 atom stereocenters. The topological polar surface area (TPSA) is 55.0 Å². The van der Waals surface area contributed by atoms with Gasteiger partial charge in [-0.1, -0.05) is 13.3 Å². The van der Waals surface area contributed by atoms with Crippen molar-refractivity contribution >= 4 is 11.6 Å². The summed E-state index contributed by atoms with van der Waals surface area (Å²) in [6.07, 6.45) is -2.78. The fourth-order valence-corrected chi connectivity index (χ4v) is 1.60. The molecule has 1 aromatic heterocycles. The molecule has 0 radical (unpaired) electrons. The molecule has 1 unspecified atom stereocenters. The molecule has 0 spiro atoms. The first-order chi connectivity index (χ1) is 8.25. The summed E-state index contributed by atoms with van der Waals surface area (Å²) in [7, 11) is 1.70. The lowest BCUT2D eigenvalue weighted by molar-refractivity contribution is -0.144. The van der Waals surface area contributed by atoms with Gasteiger partial charge in [0, 0.05) is 19.2 Å². The van der Waals surface area contributed by atoms with Crippen LogP contribution in [-0.4, -0.2) is 23.1 Å². The molecule has 1 rings (SSSR count). The van der Waals surface area contributed by atoms with E-state index in [1.807, 2.05) is 13.8 Å². The van der Waals surface area contributed by atoms with Crippen molar-refractivity contribution in [2.45, 2.75) is 38.9 Å². The normalized spacial score (nSPS) is 13.4. The van der Waals surface area contributed by atoms with E-state index in [4.69, 9.17) is 5.73 Å². The molecule has 0 saturated heterocycles. The second-order valence-corrected chi connectivity index (χ2v) is 4.22. The van der Waals surface area contributed by atoms with E-state index in [0.717, 1.165) is 12.8 Å². The van der Waals surface area contributed by atoms with E-state index in [9.17, 15) is 13.2 Å². The van der Waals surface area contributed by atoms with Crippen molar-refractivity contribution in [3.05, 3.63) is 11.9 Å². The smallest absolute Gasteiger partial charge is 0.384 e. The van der Waals surface area contributed by atoms with Crippen LogP contribution in [0.5, 0.6) is 0 Å². The SMILES string of the molecule is CCCC(C)N(C)c1cc(N)nc(C(F)(F)F)n1. The first-order valence-corrected chi connectivity index (χ1v) is 5.70. The Hall–Kier alpha value is -1.53. The van der Waals surface area contributed by atoms with Gasteiger partial charge in [0.1, 0.15) is 11.6 Å². The Morgan fingerprint density at radius 2 is 2.00 bits per heavy atom. The van der Waals surface area contributed by atoms with Gasteiger partial charge in [0.15, 0.2) is 0 Å². The Morgan fingerprint density at radius 3 is 2.50 bits per heavy atom. The predicted molar refractivity (Wildman–Crippen MR) is 64.2 cm³/mol. The van der Waals surface area contributed by atoms with Gasteiger partial charge in [-0.15, -0.1) is 0 Å². The lowest BCUT2D eigenvalue weighted by Gasteiger charge is -2.26. The van der Waals surface area contributed by atoms with Crippen molar-refractivity contribution in [3.8, 4) is 0 Å². The molecule has 0 aromatic carbocycles. The Labute approximate surface area is 104 Å². The summed E-state index contributed by atoms with van der Waals surface area (Å²) in [5, 5.41) is 0. The molecule has 7 heteroatoms. The molecule has 0 aliphatic heterocycles. The van der Waals surface area contributed by atoms with Gasteiger partial charge >= 0.3 is 6.18 Å². The Kier molecular flexibility index (Phi) is 4.37. The molecular weight excluding hydrogens is 245 g/mol. The van der Waals surface area contributed by atoms with Crippen LogP contribution in [0.3, 0.4) is 0 Å². The highest BCUT2D eigenvalue weighted by Gasteiger charge is 2.35. The number of nitrogen functional groups attached to an aromatic ring is 1. The minimum atomic E-state index is -4.58. The van der Waals surface area contributed by atoms with Crippen LogP contribution in [0.2, 0.25) is 0 Å². The van der Waals surface area contributed by atoms with Crippen molar-refractivity contribution in [1.82, 2.24) is 9.97 Å². The van der Waals surface area contributed by atoms with Crippen molar-refractivity contribution in [2.75, 3.05) is 17.7 Å². The maximum atomic E-state index is 12.6. The Morgan fingerprint density at radius 1 is 1.39 bits per heavy atom. The molecule has 102 valence electrons. The standard InChI is InChI=1S/C11H17F3N4/c1-4-5-7(2)18(3)9-6-8(15)16-10(17-9)11(12,13)14/h6-7H,4-5H2,1-3H3,(H2,15,16,17). The van der Waals surface area contributed by atoms with E-state index in [1.165, 1.54) is 6.07 Å². The molecule has 4 nitrogen and oxygen atoms in total. The number of hydrogen-bond donors (Lipinski definition) is 1. The van der Waals surface area contributed by atoms with E-state index in [1.54, 1.807) is 11.9 Å². The molecule has 0 aliphatic carbocycles. The average molecular weight is 262 g/mol. The first kappa shape index (κ1) is 14.5. The zero-order valence-corrected chi connectivity index (χ0v) is 10.6. The van der Waals surface area contributed by atoms with Crippen LogP contribution in [-0.2, 0) is 6.18 Å². The minimum Gasteiger partial charge on any atom is -0.384 e. The molecule has 18 heavy (non-hydrogen) atoms. The number of halogens is 3. The van der Waals surface area contributed by atoms with Gasteiger partial charge in [-0.3, -0.25) is 0 Å². The van der Waals surface area contributed by atoms with Gasteiger partial charge in [-0.2, -0.15) is 13.2 Å². The molecule has 0 aliphatic rings. The van der Waals surface area contributed by atoms with Gasteiger partial charge in [0.05, 0.1) is 0 Å². The minimum absolute atomic E-state index is 0.0883. The summed E-state index contributed by atoms with van der Waals surface area (Å²) in [5.74, 6) is -1.19. The third-order valence-electron chi connectivity index (χ3n) is 2.71. The summed E-state index contributed by atoms with van der Waals surface area (Å²) in [5.41, 5.74) is 5.39. The van der Waals surface area contributed by atoms with Crippen molar-refractivity contribution < 1.29 is 13.2 Å². The molecular formula is C11H17F3N4. The number of nitrogens with zero attached hydrogens (tertiary/aromatic N) is 3. The molecule has 0 amide bonds. The van der Waals surface area contributed by atoms with Gasteiger partial charge in [0.2, 0.25) is 5.82 Å². The number of nitrogens with two attached hydrogens (primary N) is 1. The molecule has 1 aromatic rings. The molecule has 2 N–H and O–H groups in total. The lowest BCUT2D eigenvalue weighted by atomic mass is 10.2. The maximum absolute atomic E-state index is 12.6. The maximum Gasteiger partial charge on any atom is 0.451 e. The highest BCUT2D eigenvalue weighted by molar-refractivity contribution is 5.47. The van der Waals surface area contributed by atoms with Crippen LogP contribution in [0.25, 0.3) is 0 Å². The largest absolute Gasteiger partial charge is 0.451 e. The van der Waals surface area contributed by atoms with Crippen LogP contribution in [0.15, 0.2) is 6.07 Å². The van der Waals surface area contributed by atoms with E-state index in [2.05, 4.69) is 9.97 Å². The zero-order chi connectivity index (χ0) is 13.9. The second kappa shape index (κ2) is 5.41. The van der Waals surface area contributed by atoms with Crippen LogP contribution in [0, 0.1) is 0 Å². The van der Waals surface area contributed by atoms with Gasteiger partial charge in [-0.25, -0.2) is 9.97 Å². The molecule has 0 bridgehead atoms. The van der Waals surface area contributed by atoms with E-state index in [-0.39, 0.29) is 17.7 Å². The van der Waals surface area contributed by atoms with Gasteiger partial charge in [-0.05, 0) is 13.3 Å². The number of hydrogen-bond acceptors (Lipinski definition) is 4. The zero-order valence-electron chi connectivity index (χ0n) is 10.6. The highest BCUT2D eigenvalue weighted by atomic mass is 19.4. The number of alkyl halides is 3. The third-order valence-corrected chi connectivity index (χ3v) is 2.71. The summed E-state index contributed by atoms with van der Waals surface area (Å²) in [4.78, 5) is 8.40.